The van der Waals surface area contributed by atoms with E-state index < -0.39 is 0 Å². The van der Waals surface area contributed by atoms with Gasteiger partial charge < -0.3 is 10.5 Å². The zero-order chi connectivity index (χ0) is 10.7. The summed E-state index contributed by atoms with van der Waals surface area (Å²) in [7, 11) is 0. The molecule has 1 aliphatic rings. The van der Waals surface area contributed by atoms with Crippen LogP contribution in [-0.2, 0) is 4.74 Å². The maximum Gasteiger partial charge on any atom is 0.0476 e. The molecular formula is C12H17NOS. The molecule has 0 spiro atoms. The van der Waals surface area contributed by atoms with E-state index in [2.05, 4.69) is 13.0 Å². The van der Waals surface area contributed by atoms with Crippen molar-refractivity contribution in [2.45, 2.75) is 29.9 Å². The molecule has 15 heavy (non-hydrogen) atoms. The lowest BCUT2D eigenvalue weighted by molar-refractivity contribution is 0.100. The van der Waals surface area contributed by atoms with Crippen LogP contribution in [0.1, 0.15) is 18.4 Å². The molecule has 2 rings (SSSR count). The van der Waals surface area contributed by atoms with Crippen LogP contribution in [0.5, 0.6) is 0 Å². The molecule has 1 fully saturated rings. The van der Waals surface area contributed by atoms with Gasteiger partial charge in [-0.15, -0.1) is 11.8 Å². The highest BCUT2D eigenvalue weighted by Gasteiger charge is 2.16. The fourth-order valence-electron chi connectivity index (χ4n) is 1.73. The van der Waals surface area contributed by atoms with Crippen molar-refractivity contribution in [1.82, 2.24) is 0 Å². The molecule has 1 saturated heterocycles. The van der Waals surface area contributed by atoms with Crippen LogP contribution in [0.15, 0.2) is 23.1 Å². The van der Waals surface area contributed by atoms with E-state index in [1.807, 2.05) is 23.9 Å². The molecule has 0 bridgehead atoms. The van der Waals surface area contributed by atoms with Crippen LogP contribution in [0, 0.1) is 6.92 Å². The van der Waals surface area contributed by atoms with E-state index in [9.17, 15) is 0 Å². The van der Waals surface area contributed by atoms with Crippen LogP contribution in [0.2, 0.25) is 0 Å². The number of ether oxygens (including phenoxy) is 1. The Labute approximate surface area is 95.2 Å². The van der Waals surface area contributed by atoms with E-state index >= 15 is 0 Å². The van der Waals surface area contributed by atoms with Crippen molar-refractivity contribution in [1.29, 1.82) is 0 Å². The van der Waals surface area contributed by atoms with Crippen molar-refractivity contribution < 1.29 is 4.74 Å². The molecule has 0 unspecified atom stereocenters. The molecule has 1 heterocycles. The molecule has 0 atom stereocenters. The third-order valence-corrected chi connectivity index (χ3v) is 4.29. The molecule has 3 heteroatoms. The Morgan fingerprint density at radius 1 is 1.33 bits per heavy atom. The Kier molecular flexibility index (Phi) is 3.54. The first kappa shape index (κ1) is 10.8. The smallest absolute Gasteiger partial charge is 0.0476 e. The fourth-order valence-corrected chi connectivity index (χ4v) is 2.97. The minimum atomic E-state index is 0.694. The summed E-state index contributed by atoms with van der Waals surface area (Å²) in [5.41, 5.74) is 8.00. The van der Waals surface area contributed by atoms with Gasteiger partial charge in [-0.05, 0) is 37.5 Å². The lowest BCUT2D eigenvalue weighted by Crippen LogP contribution is -2.17. The number of hydrogen-bond acceptors (Lipinski definition) is 3. The zero-order valence-electron chi connectivity index (χ0n) is 9.03. The van der Waals surface area contributed by atoms with Gasteiger partial charge in [0.1, 0.15) is 0 Å². The first-order valence-corrected chi connectivity index (χ1v) is 6.25. The summed E-state index contributed by atoms with van der Waals surface area (Å²) < 4.78 is 5.35. The maximum atomic E-state index is 5.89. The van der Waals surface area contributed by atoms with Crippen molar-refractivity contribution in [2.75, 3.05) is 18.9 Å². The summed E-state index contributed by atoms with van der Waals surface area (Å²) in [5, 5.41) is 0.694. The molecular weight excluding hydrogens is 206 g/mol. The molecule has 1 aromatic carbocycles. The average molecular weight is 223 g/mol. The predicted molar refractivity (Wildman–Crippen MR) is 65.3 cm³/mol. The average Bonchev–Trinajstić information content (AvgIpc) is 2.26. The van der Waals surface area contributed by atoms with E-state index in [1.165, 1.54) is 10.5 Å². The number of hydrogen-bond donors (Lipinski definition) is 1. The van der Waals surface area contributed by atoms with Crippen LogP contribution >= 0.6 is 11.8 Å². The van der Waals surface area contributed by atoms with Crippen LogP contribution in [-0.4, -0.2) is 18.5 Å². The number of nitrogen functional groups attached to an aromatic ring is 1. The van der Waals surface area contributed by atoms with E-state index in [1.54, 1.807) is 0 Å². The van der Waals surface area contributed by atoms with Gasteiger partial charge in [-0.25, -0.2) is 0 Å². The quantitative estimate of drug-likeness (QED) is 0.783. The third-order valence-electron chi connectivity index (χ3n) is 2.79. The van der Waals surface area contributed by atoms with E-state index in [4.69, 9.17) is 10.5 Å². The Bertz CT molecular complexity index is 334. The van der Waals surface area contributed by atoms with Crippen LogP contribution in [0.4, 0.5) is 5.69 Å². The molecule has 82 valence electrons. The maximum absolute atomic E-state index is 5.89. The summed E-state index contributed by atoms with van der Waals surface area (Å²) in [6, 6.07) is 6.15. The first-order chi connectivity index (χ1) is 7.27. The van der Waals surface area contributed by atoms with Gasteiger partial charge in [0.15, 0.2) is 0 Å². The van der Waals surface area contributed by atoms with Gasteiger partial charge in [-0.3, -0.25) is 0 Å². The van der Waals surface area contributed by atoms with Crippen molar-refractivity contribution in [3.8, 4) is 0 Å². The van der Waals surface area contributed by atoms with Gasteiger partial charge in [0.05, 0.1) is 0 Å². The number of nitrogens with two attached hydrogens (primary N) is 1. The zero-order valence-corrected chi connectivity index (χ0v) is 9.85. The number of anilines is 1. The molecule has 0 amide bonds. The van der Waals surface area contributed by atoms with Gasteiger partial charge in [0, 0.05) is 29.0 Å². The Morgan fingerprint density at radius 3 is 2.80 bits per heavy atom. The van der Waals surface area contributed by atoms with Crippen LogP contribution in [0.25, 0.3) is 0 Å². The molecule has 0 saturated carbocycles. The normalized spacial score (nSPS) is 17.9. The van der Waals surface area contributed by atoms with Gasteiger partial charge in [-0.1, -0.05) is 6.07 Å². The summed E-state index contributed by atoms with van der Waals surface area (Å²) in [6.45, 7) is 3.90. The van der Waals surface area contributed by atoms with Gasteiger partial charge in [0.25, 0.3) is 0 Å². The van der Waals surface area contributed by atoms with E-state index in [-0.39, 0.29) is 0 Å². The SMILES string of the molecule is Cc1c(N)cccc1SC1CCOCC1. The highest BCUT2D eigenvalue weighted by Crippen LogP contribution is 2.33. The van der Waals surface area contributed by atoms with Crippen molar-refractivity contribution >= 4 is 17.4 Å². The standard InChI is InChI=1S/C12H17NOS/c1-9-11(13)3-2-4-12(9)15-10-5-7-14-8-6-10/h2-4,10H,5-8,13H2,1H3. The molecule has 0 aromatic heterocycles. The van der Waals surface area contributed by atoms with Crippen LogP contribution < -0.4 is 5.73 Å². The second-order valence-corrected chi connectivity index (χ2v) is 5.24. The summed E-state index contributed by atoms with van der Waals surface area (Å²) in [4.78, 5) is 1.32. The lowest BCUT2D eigenvalue weighted by atomic mass is 10.2. The van der Waals surface area contributed by atoms with Crippen molar-refractivity contribution in [3.05, 3.63) is 23.8 Å². The number of thioether (sulfide) groups is 1. The van der Waals surface area contributed by atoms with Crippen LogP contribution in [0.3, 0.4) is 0 Å². The number of rotatable bonds is 2. The predicted octanol–water partition coefficient (Wildman–Crippen LogP) is 2.85. The topological polar surface area (TPSA) is 35.2 Å². The van der Waals surface area contributed by atoms with Gasteiger partial charge >= 0.3 is 0 Å². The van der Waals surface area contributed by atoms with Gasteiger partial charge in [-0.2, -0.15) is 0 Å². The molecule has 0 radical (unpaired) electrons. The van der Waals surface area contributed by atoms with E-state index in [0.717, 1.165) is 31.7 Å². The Balaban J connectivity index is 2.06. The molecule has 2 N–H and O–H groups in total. The second-order valence-electron chi connectivity index (χ2n) is 3.90. The summed E-state index contributed by atoms with van der Waals surface area (Å²) in [6.07, 6.45) is 2.30. The largest absolute Gasteiger partial charge is 0.398 e. The second kappa shape index (κ2) is 4.90. The Morgan fingerprint density at radius 2 is 2.07 bits per heavy atom. The summed E-state index contributed by atoms with van der Waals surface area (Å²) >= 11 is 1.95. The van der Waals surface area contributed by atoms with Crippen molar-refractivity contribution in [2.24, 2.45) is 0 Å². The molecule has 0 aliphatic carbocycles. The minimum Gasteiger partial charge on any atom is -0.398 e. The third kappa shape index (κ3) is 2.67. The van der Waals surface area contributed by atoms with Crippen molar-refractivity contribution in [3.63, 3.8) is 0 Å². The monoisotopic (exact) mass is 223 g/mol. The molecule has 1 aliphatic heterocycles. The first-order valence-electron chi connectivity index (χ1n) is 5.37. The highest BCUT2D eigenvalue weighted by molar-refractivity contribution is 8.00. The molecule has 1 aromatic rings. The highest BCUT2D eigenvalue weighted by atomic mass is 32.2. The lowest BCUT2D eigenvalue weighted by Gasteiger charge is -2.22. The summed E-state index contributed by atoms with van der Waals surface area (Å²) in [5.74, 6) is 0. The Hall–Kier alpha value is -0.670. The molecule has 2 nitrogen and oxygen atoms in total. The fraction of sp³-hybridized carbons (Fsp3) is 0.500. The minimum absolute atomic E-state index is 0.694. The number of benzene rings is 1. The van der Waals surface area contributed by atoms with Gasteiger partial charge in [0.2, 0.25) is 0 Å². The van der Waals surface area contributed by atoms with E-state index in [0.29, 0.717) is 5.25 Å².